The van der Waals surface area contributed by atoms with Gasteiger partial charge in [-0.3, -0.25) is 9.48 Å². The van der Waals surface area contributed by atoms with Crippen molar-refractivity contribution in [2.45, 2.75) is 65.0 Å². The van der Waals surface area contributed by atoms with Crippen LogP contribution in [0.5, 0.6) is 0 Å². The second-order valence-electron chi connectivity index (χ2n) is 8.03. The molecule has 5 nitrogen and oxygen atoms in total. The van der Waals surface area contributed by atoms with Crippen molar-refractivity contribution in [2.24, 2.45) is 29.4 Å². The number of hydrogen-bond acceptors (Lipinski definition) is 3. The van der Waals surface area contributed by atoms with E-state index >= 15 is 0 Å². The van der Waals surface area contributed by atoms with E-state index in [1.54, 1.807) is 0 Å². The van der Waals surface area contributed by atoms with Crippen LogP contribution in [0.25, 0.3) is 0 Å². The van der Waals surface area contributed by atoms with E-state index < -0.39 is 6.43 Å². The monoisotopic (exact) mass is 390 g/mol. The Hall–Kier alpha value is -1.21. The average Bonchev–Trinajstić information content (AvgIpc) is 2.88. The Balaban J connectivity index is 0.00000243. The van der Waals surface area contributed by atoms with E-state index in [1.165, 1.54) is 17.3 Å². The van der Waals surface area contributed by atoms with Crippen LogP contribution in [-0.2, 0) is 11.3 Å². The zero-order chi connectivity index (χ0) is 18.1. The predicted octanol–water partition coefficient (Wildman–Crippen LogP) is 3.99. The number of alkyl halides is 2. The second kappa shape index (κ2) is 8.65. The molecule has 1 heterocycles. The van der Waals surface area contributed by atoms with Gasteiger partial charge in [-0.05, 0) is 43.4 Å². The highest BCUT2D eigenvalue weighted by atomic mass is 35.5. The SMILES string of the molecule is CC(C)Cn1cc(NC(=O)C2CC3CCCC(C2)C3N)c(C(F)F)n1.Cl. The van der Waals surface area contributed by atoms with Gasteiger partial charge in [0.15, 0.2) is 5.69 Å². The third-order valence-electron chi connectivity index (χ3n) is 5.59. The molecule has 1 amide bonds. The molecule has 2 bridgehead atoms. The number of amides is 1. The molecule has 0 spiro atoms. The molecule has 0 aliphatic heterocycles. The molecule has 2 atom stereocenters. The Kier molecular flexibility index (Phi) is 7.02. The third kappa shape index (κ3) is 4.55. The Labute approximate surface area is 159 Å². The topological polar surface area (TPSA) is 72.9 Å². The molecular weight excluding hydrogens is 362 g/mol. The minimum Gasteiger partial charge on any atom is -0.327 e. The Morgan fingerprint density at radius 1 is 1.35 bits per heavy atom. The first-order chi connectivity index (χ1) is 11.8. The zero-order valence-corrected chi connectivity index (χ0v) is 16.1. The van der Waals surface area contributed by atoms with E-state index in [0.717, 1.165) is 25.7 Å². The number of anilines is 1. The van der Waals surface area contributed by atoms with Crippen molar-refractivity contribution in [1.29, 1.82) is 0 Å². The second-order valence-corrected chi connectivity index (χ2v) is 8.03. The first-order valence-electron chi connectivity index (χ1n) is 9.27. The van der Waals surface area contributed by atoms with E-state index in [-0.39, 0.29) is 47.6 Å². The number of nitrogens with zero attached hydrogens (tertiary/aromatic N) is 2. The fourth-order valence-corrected chi connectivity index (χ4v) is 4.40. The first-order valence-corrected chi connectivity index (χ1v) is 9.27. The van der Waals surface area contributed by atoms with Crippen molar-refractivity contribution in [3.8, 4) is 0 Å². The van der Waals surface area contributed by atoms with Crippen molar-refractivity contribution in [1.82, 2.24) is 9.78 Å². The standard InChI is InChI=1S/C18H28F2N4O.ClH/c1-10(2)8-24-9-14(16(23-24)17(19)20)22-18(25)13-6-11-4-3-5-12(7-13)15(11)21;/h9-13,15,17H,3-8,21H2,1-2H3,(H,22,25);1H. The first kappa shape index (κ1) is 21.1. The van der Waals surface area contributed by atoms with Crippen LogP contribution in [-0.4, -0.2) is 21.7 Å². The van der Waals surface area contributed by atoms with Gasteiger partial charge in [0.2, 0.25) is 5.91 Å². The van der Waals surface area contributed by atoms with Gasteiger partial charge in [-0.25, -0.2) is 8.78 Å². The number of hydrogen-bond donors (Lipinski definition) is 2. The average molecular weight is 391 g/mol. The summed E-state index contributed by atoms with van der Waals surface area (Å²) in [6, 6.07) is 0.184. The molecule has 1 aromatic heterocycles. The van der Waals surface area contributed by atoms with E-state index in [0.29, 0.717) is 18.4 Å². The molecule has 0 aromatic carbocycles. The van der Waals surface area contributed by atoms with E-state index in [9.17, 15) is 13.6 Å². The lowest BCUT2D eigenvalue weighted by atomic mass is 9.65. The Morgan fingerprint density at radius 2 is 1.96 bits per heavy atom. The van der Waals surface area contributed by atoms with Gasteiger partial charge in [0.1, 0.15) is 0 Å². The van der Waals surface area contributed by atoms with Crippen LogP contribution in [0.15, 0.2) is 6.20 Å². The largest absolute Gasteiger partial charge is 0.327 e. The van der Waals surface area contributed by atoms with Crippen molar-refractivity contribution in [3.63, 3.8) is 0 Å². The quantitative estimate of drug-likeness (QED) is 0.798. The third-order valence-corrected chi connectivity index (χ3v) is 5.59. The van der Waals surface area contributed by atoms with Crippen LogP contribution in [0.1, 0.15) is 58.1 Å². The van der Waals surface area contributed by atoms with Crippen molar-refractivity contribution >= 4 is 24.0 Å². The zero-order valence-electron chi connectivity index (χ0n) is 15.3. The lowest BCUT2D eigenvalue weighted by Gasteiger charge is -2.43. The normalized spacial score (nSPS) is 28.1. The summed E-state index contributed by atoms with van der Waals surface area (Å²) >= 11 is 0. The molecule has 0 radical (unpaired) electrons. The molecule has 1 aromatic rings. The smallest absolute Gasteiger partial charge is 0.284 e. The van der Waals surface area contributed by atoms with E-state index in [1.807, 2.05) is 13.8 Å². The summed E-state index contributed by atoms with van der Waals surface area (Å²) in [5, 5.41) is 6.67. The van der Waals surface area contributed by atoms with Crippen LogP contribution in [0.3, 0.4) is 0 Å². The maximum atomic E-state index is 13.3. The van der Waals surface area contributed by atoms with Crippen molar-refractivity contribution in [2.75, 3.05) is 5.32 Å². The summed E-state index contributed by atoms with van der Waals surface area (Å²) in [6.07, 6.45) is 3.64. The van der Waals surface area contributed by atoms with Gasteiger partial charge >= 0.3 is 0 Å². The number of carbonyl (C=O) groups is 1. The summed E-state index contributed by atoms with van der Waals surface area (Å²) in [6.45, 7) is 4.52. The number of nitrogens with one attached hydrogen (secondary N) is 1. The number of aromatic nitrogens is 2. The maximum Gasteiger partial charge on any atom is 0.284 e. The van der Waals surface area contributed by atoms with Crippen LogP contribution >= 0.6 is 12.4 Å². The Bertz CT molecular complexity index is 608. The van der Waals surface area contributed by atoms with Gasteiger partial charge in [-0.15, -0.1) is 12.4 Å². The number of nitrogens with two attached hydrogens (primary N) is 1. The minimum atomic E-state index is -2.71. The van der Waals surface area contributed by atoms with Crippen LogP contribution < -0.4 is 11.1 Å². The van der Waals surface area contributed by atoms with E-state index in [2.05, 4.69) is 10.4 Å². The maximum absolute atomic E-state index is 13.3. The van der Waals surface area contributed by atoms with Gasteiger partial charge in [0.05, 0.1) is 5.69 Å². The summed E-state index contributed by atoms with van der Waals surface area (Å²) in [7, 11) is 0. The number of fused-ring (bicyclic) bond motifs is 2. The van der Waals surface area contributed by atoms with Gasteiger partial charge < -0.3 is 11.1 Å². The van der Waals surface area contributed by atoms with Gasteiger partial charge in [-0.2, -0.15) is 5.10 Å². The summed E-state index contributed by atoms with van der Waals surface area (Å²) < 4.78 is 28.0. The number of halogens is 3. The number of rotatable bonds is 5. The minimum absolute atomic E-state index is 0. The molecule has 148 valence electrons. The Morgan fingerprint density at radius 3 is 2.50 bits per heavy atom. The molecule has 26 heavy (non-hydrogen) atoms. The molecular formula is C18H29ClF2N4O. The van der Waals surface area contributed by atoms with Gasteiger partial charge in [-0.1, -0.05) is 20.3 Å². The van der Waals surface area contributed by atoms with Crippen molar-refractivity contribution in [3.05, 3.63) is 11.9 Å². The fourth-order valence-electron chi connectivity index (χ4n) is 4.40. The van der Waals surface area contributed by atoms with Gasteiger partial charge in [0.25, 0.3) is 6.43 Å². The molecule has 8 heteroatoms. The lowest BCUT2D eigenvalue weighted by Crippen LogP contribution is -2.48. The van der Waals surface area contributed by atoms with Crippen LogP contribution in [0.4, 0.5) is 14.5 Å². The predicted molar refractivity (Wildman–Crippen MR) is 99.4 cm³/mol. The van der Waals surface area contributed by atoms with Crippen LogP contribution in [0.2, 0.25) is 0 Å². The number of carbonyl (C=O) groups excluding carboxylic acids is 1. The summed E-state index contributed by atoms with van der Waals surface area (Å²) in [5.74, 6) is 0.722. The molecule has 3 rings (SSSR count). The molecule has 3 N–H and O–H groups in total. The molecule has 2 aliphatic rings. The molecule has 2 fully saturated rings. The van der Waals surface area contributed by atoms with Crippen LogP contribution in [0, 0.1) is 23.7 Å². The highest BCUT2D eigenvalue weighted by Gasteiger charge is 2.40. The summed E-state index contributed by atoms with van der Waals surface area (Å²) in [4.78, 5) is 12.7. The van der Waals surface area contributed by atoms with Gasteiger partial charge in [0, 0.05) is 24.7 Å². The molecule has 2 aliphatic carbocycles. The van der Waals surface area contributed by atoms with Crippen molar-refractivity contribution < 1.29 is 13.6 Å². The molecule has 0 saturated heterocycles. The highest BCUT2D eigenvalue weighted by molar-refractivity contribution is 5.93. The lowest BCUT2D eigenvalue weighted by molar-refractivity contribution is -0.122. The fraction of sp³-hybridized carbons (Fsp3) is 0.778. The molecule has 2 saturated carbocycles. The molecule has 2 unspecified atom stereocenters. The summed E-state index contributed by atoms with van der Waals surface area (Å²) in [5.41, 5.74) is 6.06. The highest BCUT2D eigenvalue weighted by Crippen LogP contribution is 2.42. The van der Waals surface area contributed by atoms with E-state index in [4.69, 9.17) is 5.73 Å².